The van der Waals surface area contributed by atoms with E-state index in [1.54, 1.807) is 6.07 Å². The van der Waals surface area contributed by atoms with Gasteiger partial charge in [-0.05, 0) is 37.5 Å². The third-order valence-electron chi connectivity index (χ3n) is 3.60. The molecule has 4 nitrogen and oxygen atoms in total. The van der Waals surface area contributed by atoms with Crippen molar-refractivity contribution in [1.82, 2.24) is 10.2 Å². The van der Waals surface area contributed by atoms with Crippen molar-refractivity contribution >= 4 is 27.7 Å². The maximum Gasteiger partial charge on any atom is 0.251 e. The summed E-state index contributed by atoms with van der Waals surface area (Å²) in [4.78, 5) is 25.8. The molecule has 108 valence electrons. The summed E-state index contributed by atoms with van der Waals surface area (Å²) in [6.07, 6.45) is 2.56. The Morgan fingerprint density at radius 2 is 2.00 bits per heavy atom. The zero-order valence-corrected chi connectivity index (χ0v) is 13.2. The largest absolute Gasteiger partial charge is 0.352 e. The highest BCUT2D eigenvalue weighted by Crippen LogP contribution is 2.19. The summed E-state index contributed by atoms with van der Waals surface area (Å²) in [5.41, 5.74) is 1.56. The van der Waals surface area contributed by atoms with E-state index in [0.29, 0.717) is 18.5 Å². The topological polar surface area (TPSA) is 49.4 Å². The molecule has 1 aromatic rings. The van der Waals surface area contributed by atoms with Crippen LogP contribution in [0.5, 0.6) is 0 Å². The molecule has 0 aliphatic carbocycles. The first-order valence-corrected chi connectivity index (χ1v) is 7.70. The second-order valence-electron chi connectivity index (χ2n) is 5.01. The minimum atomic E-state index is -0.127. The van der Waals surface area contributed by atoms with Gasteiger partial charge in [0.05, 0.1) is 0 Å². The lowest BCUT2D eigenvalue weighted by Crippen LogP contribution is -2.32. The number of halogens is 1. The van der Waals surface area contributed by atoms with Gasteiger partial charge in [0, 0.05) is 36.1 Å². The van der Waals surface area contributed by atoms with Crippen molar-refractivity contribution in [1.29, 1.82) is 0 Å². The van der Waals surface area contributed by atoms with Crippen molar-refractivity contribution in [2.24, 2.45) is 0 Å². The highest BCUT2D eigenvalue weighted by molar-refractivity contribution is 9.10. The molecule has 2 rings (SSSR count). The second kappa shape index (κ2) is 6.88. The van der Waals surface area contributed by atoms with Crippen LogP contribution in [0.2, 0.25) is 0 Å². The van der Waals surface area contributed by atoms with Crippen molar-refractivity contribution in [2.45, 2.75) is 26.2 Å². The summed E-state index contributed by atoms with van der Waals surface area (Å²) in [6, 6.07) is 5.53. The molecule has 0 aromatic heterocycles. The number of hydrogen-bond donors (Lipinski definition) is 1. The van der Waals surface area contributed by atoms with Gasteiger partial charge in [0.1, 0.15) is 0 Å². The summed E-state index contributed by atoms with van der Waals surface area (Å²) in [6.45, 7) is 4.00. The Bertz CT molecular complexity index is 511. The van der Waals surface area contributed by atoms with Crippen molar-refractivity contribution in [3.8, 4) is 0 Å². The highest BCUT2D eigenvalue weighted by Gasteiger charge is 2.17. The fraction of sp³-hybridized carbons (Fsp3) is 0.467. The Labute approximate surface area is 127 Å². The number of amides is 2. The molecule has 0 atom stereocenters. The van der Waals surface area contributed by atoms with Gasteiger partial charge in [-0.1, -0.05) is 22.0 Å². The van der Waals surface area contributed by atoms with Crippen LogP contribution >= 0.6 is 15.9 Å². The zero-order valence-electron chi connectivity index (χ0n) is 11.6. The summed E-state index contributed by atoms with van der Waals surface area (Å²) in [7, 11) is 0. The molecule has 0 saturated carbocycles. The van der Waals surface area contributed by atoms with Crippen LogP contribution in [-0.4, -0.2) is 36.3 Å². The summed E-state index contributed by atoms with van der Waals surface area (Å²) >= 11 is 3.41. The normalized spacial score (nSPS) is 14.4. The number of carbonyl (C=O) groups is 2. The smallest absolute Gasteiger partial charge is 0.251 e. The Morgan fingerprint density at radius 1 is 1.30 bits per heavy atom. The molecule has 5 heteroatoms. The Balaban J connectivity index is 1.83. The highest BCUT2D eigenvalue weighted by atomic mass is 79.9. The average molecular weight is 339 g/mol. The fourth-order valence-electron chi connectivity index (χ4n) is 2.36. The zero-order chi connectivity index (χ0) is 14.5. The molecule has 1 aromatic carbocycles. The van der Waals surface area contributed by atoms with Crippen LogP contribution in [0.1, 0.15) is 35.2 Å². The molecule has 1 N–H and O–H groups in total. The molecule has 1 fully saturated rings. The van der Waals surface area contributed by atoms with Gasteiger partial charge in [-0.25, -0.2) is 0 Å². The van der Waals surface area contributed by atoms with E-state index < -0.39 is 0 Å². The summed E-state index contributed by atoms with van der Waals surface area (Å²) in [5.74, 6) is 0.00628. The second-order valence-corrected chi connectivity index (χ2v) is 5.86. The first-order chi connectivity index (χ1) is 9.59. The predicted octanol–water partition coefficient (Wildman–Crippen LogP) is 2.50. The SMILES string of the molecule is Cc1c(Br)cccc1C(=O)NCCC(=O)N1CCCC1. The Hall–Kier alpha value is -1.36. The van der Waals surface area contributed by atoms with E-state index in [4.69, 9.17) is 0 Å². The lowest BCUT2D eigenvalue weighted by molar-refractivity contribution is -0.129. The van der Waals surface area contributed by atoms with Gasteiger partial charge >= 0.3 is 0 Å². The molecular weight excluding hydrogens is 320 g/mol. The van der Waals surface area contributed by atoms with Crippen molar-refractivity contribution in [3.63, 3.8) is 0 Å². The van der Waals surface area contributed by atoms with E-state index in [1.807, 2.05) is 24.0 Å². The molecule has 1 aliphatic rings. The molecule has 0 unspecified atom stereocenters. The molecule has 2 amide bonds. The molecule has 1 aliphatic heterocycles. The van der Waals surface area contributed by atoms with Gasteiger partial charge < -0.3 is 10.2 Å². The summed E-state index contributed by atoms with van der Waals surface area (Å²) in [5, 5.41) is 2.81. The molecule has 0 bridgehead atoms. The van der Waals surface area contributed by atoms with Gasteiger partial charge in [0.25, 0.3) is 5.91 Å². The van der Waals surface area contributed by atoms with Crippen LogP contribution in [0.25, 0.3) is 0 Å². The molecule has 20 heavy (non-hydrogen) atoms. The third kappa shape index (κ3) is 3.60. The predicted molar refractivity (Wildman–Crippen MR) is 81.6 cm³/mol. The van der Waals surface area contributed by atoms with Gasteiger partial charge in [0.15, 0.2) is 0 Å². The fourth-order valence-corrected chi connectivity index (χ4v) is 2.72. The Kier molecular flexibility index (Phi) is 5.17. The average Bonchev–Trinajstić information content (AvgIpc) is 2.95. The van der Waals surface area contributed by atoms with Gasteiger partial charge in [-0.3, -0.25) is 9.59 Å². The number of nitrogens with zero attached hydrogens (tertiary/aromatic N) is 1. The standard InChI is InChI=1S/C15H19BrN2O2/c1-11-12(5-4-6-13(11)16)15(20)17-8-7-14(19)18-9-2-3-10-18/h4-6H,2-3,7-10H2,1H3,(H,17,20). The molecular formula is C15H19BrN2O2. The quantitative estimate of drug-likeness (QED) is 0.916. The number of benzene rings is 1. The van der Waals surface area contributed by atoms with Crippen LogP contribution in [0.4, 0.5) is 0 Å². The van der Waals surface area contributed by atoms with Gasteiger partial charge in [0.2, 0.25) is 5.91 Å². The lowest BCUT2D eigenvalue weighted by Gasteiger charge is -2.15. The van der Waals surface area contributed by atoms with Crippen LogP contribution in [-0.2, 0) is 4.79 Å². The molecule has 0 spiro atoms. The third-order valence-corrected chi connectivity index (χ3v) is 4.45. The molecule has 1 saturated heterocycles. The van der Waals surface area contributed by atoms with E-state index in [2.05, 4.69) is 21.2 Å². The number of hydrogen-bond acceptors (Lipinski definition) is 2. The lowest BCUT2D eigenvalue weighted by atomic mass is 10.1. The van der Waals surface area contributed by atoms with Gasteiger partial charge in [-0.2, -0.15) is 0 Å². The minimum Gasteiger partial charge on any atom is -0.352 e. The maximum atomic E-state index is 12.1. The first kappa shape index (κ1) is 15.0. The first-order valence-electron chi connectivity index (χ1n) is 6.90. The van der Waals surface area contributed by atoms with Crippen LogP contribution in [0.15, 0.2) is 22.7 Å². The molecule has 1 heterocycles. The van der Waals surface area contributed by atoms with Crippen molar-refractivity contribution in [3.05, 3.63) is 33.8 Å². The van der Waals surface area contributed by atoms with E-state index in [-0.39, 0.29) is 11.8 Å². The van der Waals surface area contributed by atoms with Crippen LogP contribution < -0.4 is 5.32 Å². The van der Waals surface area contributed by atoms with Crippen molar-refractivity contribution < 1.29 is 9.59 Å². The van der Waals surface area contributed by atoms with E-state index >= 15 is 0 Å². The van der Waals surface area contributed by atoms with E-state index in [0.717, 1.165) is 36.0 Å². The van der Waals surface area contributed by atoms with Crippen molar-refractivity contribution in [2.75, 3.05) is 19.6 Å². The number of carbonyl (C=O) groups excluding carboxylic acids is 2. The Morgan fingerprint density at radius 3 is 2.70 bits per heavy atom. The van der Waals surface area contributed by atoms with Crippen LogP contribution in [0.3, 0.4) is 0 Å². The van der Waals surface area contributed by atoms with E-state index in [1.165, 1.54) is 0 Å². The van der Waals surface area contributed by atoms with Gasteiger partial charge in [-0.15, -0.1) is 0 Å². The van der Waals surface area contributed by atoms with Crippen LogP contribution in [0, 0.1) is 6.92 Å². The summed E-state index contributed by atoms with van der Waals surface area (Å²) < 4.78 is 0.915. The maximum absolute atomic E-state index is 12.1. The minimum absolute atomic E-state index is 0.127. The number of likely N-dealkylation sites (tertiary alicyclic amines) is 1. The number of nitrogens with one attached hydrogen (secondary N) is 1. The number of rotatable bonds is 4. The van der Waals surface area contributed by atoms with E-state index in [9.17, 15) is 9.59 Å². The molecule has 0 radical (unpaired) electrons. The monoisotopic (exact) mass is 338 g/mol.